The number of nitrogens with one attached hydrogen (secondary N) is 1. The van der Waals surface area contributed by atoms with Gasteiger partial charge in [-0.1, -0.05) is 42.3 Å². The fraction of sp³-hybridized carbons (Fsp3) is 0.480. The first-order valence-electron chi connectivity index (χ1n) is 11.9. The number of methoxy groups -OCH3 is 1. The highest BCUT2D eigenvalue weighted by molar-refractivity contribution is 6.44. The maximum atomic E-state index is 6.61. The number of fused-ring (bicyclic) bond motifs is 1. The Morgan fingerprint density at radius 1 is 1.34 bits per heavy atom. The molecule has 1 aromatic carbocycles. The Kier molecular flexibility index (Phi) is 8.49. The molecular formula is C25H32Cl2N6O2. The van der Waals surface area contributed by atoms with Crippen LogP contribution in [0.4, 0.5) is 5.82 Å². The topological polar surface area (TPSA) is 97.9 Å². The van der Waals surface area contributed by atoms with Crippen molar-refractivity contribution in [3.8, 4) is 6.01 Å². The summed E-state index contributed by atoms with van der Waals surface area (Å²) in [6.45, 7) is 4.93. The first-order chi connectivity index (χ1) is 17.0. The third kappa shape index (κ3) is 5.56. The summed E-state index contributed by atoms with van der Waals surface area (Å²) in [6, 6.07) is 6.31. The molecule has 0 aliphatic carbocycles. The predicted octanol–water partition coefficient (Wildman–Crippen LogP) is 3.79. The number of likely N-dealkylation sites (N-methyl/N-ethyl adjacent to an activating group) is 1. The van der Waals surface area contributed by atoms with Gasteiger partial charge in [-0.3, -0.25) is 4.99 Å². The van der Waals surface area contributed by atoms with E-state index in [0.717, 1.165) is 58.3 Å². The Morgan fingerprint density at radius 2 is 2.17 bits per heavy atom. The first kappa shape index (κ1) is 25.7. The number of nitrogens with zero attached hydrogens (tertiary/aromatic N) is 4. The zero-order valence-electron chi connectivity index (χ0n) is 20.4. The molecule has 2 aromatic rings. The summed E-state index contributed by atoms with van der Waals surface area (Å²) in [7, 11) is 3.42. The van der Waals surface area contributed by atoms with Crippen LogP contribution in [0.15, 0.2) is 33.9 Å². The van der Waals surface area contributed by atoms with Gasteiger partial charge in [0.05, 0.1) is 42.8 Å². The van der Waals surface area contributed by atoms with Gasteiger partial charge in [-0.05, 0) is 37.1 Å². The van der Waals surface area contributed by atoms with Crippen molar-refractivity contribution in [3.05, 3.63) is 56.3 Å². The number of hydrogen-bond donors (Lipinski definition) is 2. The van der Waals surface area contributed by atoms with Gasteiger partial charge in [0.2, 0.25) is 0 Å². The molecule has 1 unspecified atom stereocenters. The van der Waals surface area contributed by atoms with E-state index in [4.69, 9.17) is 53.4 Å². The number of benzene rings is 1. The normalized spacial score (nSPS) is 18.9. The van der Waals surface area contributed by atoms with E-state index < -0.39 is 0 Å². The minimum Gasteiger partial charge on any atom is -0.467 e. The SMILES string of the molecule is CCc1c(Cl)cccc1C1Cc2nc(OC)nc(N3CCCN=C(/C(Cl)=C(\N)CNC)C3)c2CO1. The number of anilines is 1. The van der Waals surface area contributed by atoms with Crippen LogP contribution in [0, 0.1) is 0 Å². The number of rotatable bonds is 7. The lowest BCUT2D eigenvalue weighted by molar-refractivity contribution is 0.0252. The maximum absolute atomic E-state index is 6.61. The fourth-order valence-corrected chi connectivity index (χ4v) is 5.09. The lowest BCUT2D eigenvalue weighted by atomic mass is 9.94. The standard InChI is InChI=1S/C25H32Cl2N6O2/c1-4-15-16(7-5-8-18(15)26)22-11-20-17(14-35-22)24(32-25(31-20)34-3)33-10-6-9-30-21(13-33)23(27)19(28)12-29-2/h5,7-8,22,29H,4,6,9-14,28H2,1-3H3/b23-19+. The van der Waals surface area contributed by atoms with Crippen LogP contribution in [0.3, 0.4) is 0 Å². The van der Waals surface area contributed by atoms with E-state index in [1.165, 1.54) is 0 Å². The molecule has 0 amide bonds. The van der Waals surface area contributed by atoms with Crippen molar-refractivity contribution in [2.24, 2.45) is 10.7 Å². The van der Waals surface area contributed by atoms with Crippen LogP contribution in [0.1, 0.15) is 41.8 Å². The molecule has 0 spiro atoms. The van der Waals surface area contributed by atoms with Crippen LogP contribution in [-0.4, -0.2) is 56.0 Å². The highest BCUT2D eigenvalue weighted by atomic mass is 35.5. The van der Waals surface area contributed by atoms with Gasteiger partial charge in [0.25, 0.3) is 0 Å². The molecular weight excluding hydrogens is 487 g/mol. The van der Waals surface area contributed by atoms with Gasteiger partial charge in [-0.2, -0.15) is 9.97 Å². The van der Waals surface area contributed by atoms with Crippen molar-refractivity contribution in [2.75, 3.05) is 45.2 Å². The second kappa shape index (κ2) is 11.6. The molecule has 35 heavy (non-hydrogen) atoms. The third-order valence-electron chi connectivity index (χ3n) is 6.33. The number of aliphatic imine (C=N–C) groups is 1. The van der Waals surface area contributed by atoms with Crippen molar-refractivity contribution in [2.45, 2.75) is 38.9 Å². The summed E-state index contributed by atoms with van der Waals surface area (Å²) >= 11 is 13.1. The molecule has 0 fully saturated rings. The van der Waals surface area contributed by atoms with Crippen molar-refractivity contribution < 1.29 is 9.47 Å². The molecule has 3 N–H and O–H groups in total. The summed E-state index contributed by atoms with van der Waals surface area (Å²) in [5, 5.41) is 4.29. The molecule has 2 aliphatic rings. The Hall–Kier alpha value is -2.39. The summed E-state index contributed by atoms with van der Waals surface area (Å²) in [5.74, 6) is 0.790. The molecule has 0 saturated heterocycles. The van der Waals surface area contributed by atoms with E-state index in [0.29, 0.717) is 49.4 Å². The fourth-order valence-electron chi connectivity index (χ4n) is 4.59. The first-order valence-corrected chi connectivity index (χ1v) is 12.6. The molecule has 8 nitrogen and oxygen atoms in total. The molecule has 188 valence electrons. The van der Waals surface area contributed by atoms with Crippen molar-refractivity contribution in [1.82, 2.24) is 15.3 Å². The summed E-state index contributed by atoms with van der Waals surface area (Å²) < 4.78 is 11.9. The van der Waals surface area contributed by atoms with Gasteiger partial charge >= 0.3 is 6.01 Å². The zero-order valence-corrected chi connectivity index (χ0v) is 21.9. The van der Waals surface area contributed by atoms with Gasteiger partial charge in [-0.15, -0.1) is 0 Å². The quantitative estimate of drug-likeness (QED) is 0.575. The van der Waals surface area contributed by atoms with Crippen LogP contribution in [0.25, 0.3) is 0 Å². The minimum atomic E-state index is -0.136. The van der Waals surface area contributed by atoms with E-state index in [-0.39, 0.29) is 6.10 Å². The highest BCUT2D eigenvalue weighted by Gasteiger charge is 2.30. The monoisotopic (exact) mass is 518 g/mol. The summed E-state index contributed by atoms with van der Waals surface area (Å²) in [5.41, 5.74) is 11.6. The predicted molar refractivity (Wildman–Crippen MR) is 141 cm³/mol. The van der Waals surface area contributed by atoms with Gasteiger partial charge in [0.1, 0.15) is 5.82 Å². The molecule has 0 bridgehead atoms. The van der Waals surface area contributed by atoms with Crippen LogP contribution in [0.5, 0.6) is 6.01 Å². The lowest BCUT2D eigenvalue weighted by Gasteiger charge is -2.31. The van der Waals surface area contributed by atoms with Crippen molar-refractivity contribution in [3.63, 3.8) is 0 Å². The van der Waals surface area contributed by atoms with E-state index in [1.54, 1.807) is 7.11 Å². The second-order valence-electron chi connectivity index (χ2n) is 8.60. The number of aromatic nitrogens is 2. The van der Waals surface area contributed by atoms with Gasteiger partial charge in [0, 0.05) is 42.3 Å². The summed E-state index contributed by atoms with van der Waals surface area (Å²) in [4.78, 5) is 16.3. The highest BCUT2D eigenvalue weighted by Crippen LogP contribution is 2.37. The molecule has 4 rings (SSSR count). The molecule has 0 radical (unpaired) electrons. The smallest absolute Gasteiger partial charge is 0.318 e. The van der Waals surface area contributed by atoms with Gasteiger partial charge < -0.3 is 25.4 Å². The van der Waals surface area contributed by atoms with Crippen LogP contribution >= 0.6 is 23.2 Å². The number of nitrogens with two attached hydrogens (primary N) is 1. The molecule has 0 saturated carbocycles. The average molecular weight is 519 g/mol. The minimum absolute atomic E-state index is 0.136. The molecule has 10 heteroatoms. The van der Waals surface area contributed by atoms with Crippen LogP contribution in [0.2, 0.25) is 5.02 Å². The molecule has 1 aromatic heterocycles. The maximum Gasteiger partial charge on any atom is 0.318 e. The molecule has 1 atom stereocenters. The second-order valence-corrected chi connectivity index (χ2v) is 9.38. The van der Waals surface area contributed by atoms with E-state index in [2.05, 4.69) is 23.2 Å². The van der Waals surface area contributed by atoms with E-state index >= 15 is 0 Å². The Morgan fingerprint density at radius 3 is 2.91 bits per heavy atom. The molecule has 3 heterocycles. The Balaban J connectivity index is 1.67. The van der Waals surface area contributed by atoms with Gasteiger partial charge in [-0.25, -0.2) is 0 Å². The summed E-state index contributed by atoms with van der Waals surface area (Å²) in [6.07, 6.45) is 2.18. The van der Waals surface area contributed by atoms with E-state index in [9.17, 15) is 0 Å². The third-order valence-corrected chi connectivity index (χ3v) is 7.14. The van der Waals surface area contributed by atoms with Crippen LogP contribution < -0.4 is 20.7 Å². The number of ether oxygens (including phenoxy) is 2. The van der Waals surface area contributed by atoms with E-state index in [1.807, 2.05) is 19.2 Å². The molecule has 2 aliphatic heterocycles. The van der Waals surface area contributed by atoms with Gasteiger partial charge in [0.15, 0.2) is 0 Å². The lowest BCUT2D eigenvalue weighted by Crippen LogP contribution is -2.33. The number of hydrogen-bond acceptors (Lipinski definition) is 8. The van der Waals surface area contributed by atoms with Crippen molar-refractivity contribution in [1.29, 1.82) is 0 Å². The zero-order chi connectivity index (χ0) is 24.9. The Labute approximate surface area is 216 Å². The van der Waals surface area contributed by atoms with Crippen molar-refractivity contribution >= 4 is 34.7 Å². The van der Waals surface area contributed by atoms with Crippen LogP contribution in [-0.2, 0) is 24.2 Å². The average Bonchev–Trinajstić information content (AvgIpc) is 3.13. The largest absolute Gasteiger partial charge is 0.467 e. The Bertz CT molecular complexity index is 1140. The number of halogens is 2.